The van der Waals surface area contributed by atoms with Crippen molar-refractivity contribution in [3.8, 4) is 11.3 Å². The van der Waals surface area contributed by atoms with Gasteiger partial charge >= 0.3 is 6.03 Å². The fourth-order valence-corrected chi connectivity index (χ4v) is 4.71. The number of urea groups is 1. The Morgan fingerprint density at radius 1 is 1.25 bits per heavy atom. The van der Waals surface area contributed by atoms with Gasteiger partial charge in [-0.3, -0.25) is 9.69 Å². The maximum Gasteiger partial charge on any atom is 0.324 e. The van der Waals surface area contributed by atoms with E-state index in [1.165, 1.54) is 6.92 Å². The van der Waals surface area contributed by atoms with Crippen molar-refractivity contribution in [3.63, 3.8) is 0 Å². The average molecular weight is 493 g/mol. The topological polar surface area (TPSA) is 123 Å². The number of nitrogens with zero attached hydrogens (tertiary/aromatic N) is 6. The molecule has 3 amide bonds. The maximum atomic E-state index is 13.5. The van der Waals surface area contributed by atoms with Gasteiger partial charge in [-0.1, -0.05) is 18.7 Å². The third-order valence-corrected chi connectivity index (χ3v) is 6.69. The van der Waals surface area contributed by atoms with Crippen molar-refractivity contribution in [3.05, 3.63) is 59.8 Å². The smallest absolute Gasteiger partial charge is 0.324 e. The van der Waals surface area contributed by atoms with E-state index in [2.05, 4.69) is 16.5 Å². The summed E-state index contributed by atoms with van der Waals surface area (Å²) in [4.78, 5) is 44.2. The van der Waals surface area contributed by atoms with E-state index >= 15 is 0 Å². The van der Waals surface area contributed by atoms with Crippen molar-refractivity contribution in [2.45, 2.75) is 45.4 Å². The van der Waals surface area contributed by atoms with Crippen LogP contribution in [-0.2, 0) is 11.4 Å². The van der Waals surface area contributed by atoms with Crippen LogP contribution in [0.15, 0.2) is 42.8 Å². The van der Waals surface area contributed by atoms with Crippen molar-refractivity contribution in [2.24, 2.45) is 0 Å². The molecule has 2 N–H and O–H groups in total. The van der Waals surface area contributed by atoms with Crippen molar-refractivity contribution in [2.75, 3.05) is 26.7 Å². The first-order valence-corrected chi connectivity index (χ1v) is 12.0. The maximum absolute atomic E-state index is 13.5. The van der Waals surface area contributed by atoms with Gasteiger partial charge in [0.05, 0.1) is 17.1 Å². The SMILES string of the molecule is C=CC1=C(c2nc(-c3cnc(CO)nc3)ccc2C)N(C2CCN(C(=O)[C@@H](C)O)CC2)C(=O)N(C)C1. The Bertz CT molecular complexity index is 1190. The van der Waals surface area contributed by atoms with Gasteiger partial charge < -0.3 is 20.0 Å². The lowest BCUT2D eigenvalue weighted by Gasteiger charge is -2.44. The van der Waals surface area contributed by atoms with Crippen LogP contribution in [0, 0.1) is 6.92 Å². The molecule has 36 heavy (non-hydrogen) atoms. The number of carbonyl (C=O) groups excluding carboxylic acids is 2. The molecule has 2 aliphatic rings. The minimum atomic E-state index is -1.04. The van der Waals surface area contributed by atoms with Crippen LogP contribution in [0.4, 0.5) is 4.79 Å². The number of aryl methyl sites for hydroxylation is 1. The van der Waals surface area contributed by atoms with Gasteiger partial charge in [0.2, 0.25) is 0 Å². The molecule has 0 saturated carbocycles. The quantitative estimate of drug-likeness (QED) is 0.632. The zero-order valence-corrected chi connectivity index (χ0v) is 20.9. The molecular formula is C26H32N6O4. The molecule has 0 aromatic carbocycles. The Morgan fingerprint density at radius 3 is 2.50 bits per heavy atom. The normalized spacial score (nSPS) is 18.0. The number of pyridine rings is 1. The van der Waals surface area contributed by atoms with Gasteiger partial charge in [0.1, 0.15) is 12.7 Å². The molecule has 2 aromatic rings. The number of aliphatic hydroxyl groups is 2. The van der Waals surface area contributed by atoms with Crippen molar-refractivity contribution >= 4 is 17.6 Å². The van der Waals surface area contributed by atoms with Gasteiger partial charge in [0, 0.05) is 50.7 Å². The zero-order valence-electron chi connectivity index (χ0n) is 20.9. The summed E-state index contributed by atoms with van der Waals surface area (Å²) >= 11 is 0. The number of hydrogen-bond donors (Lipinski definition) is 2. The molecule has 190 valence electrons. The van der Waals surface area contributed by atoms with Gasteiger partial charge in [-0.2, -0.15) is 0 Å². The Hall–Kier alpha value is -3.63. The molecule has 0 unspecified atom stereocenters. The molecule has 0 spiro atoms. The van der Waals surface area contributed by atoms with Crippen LogP contribution in [0.3, 0.4) is 0 Å². The predicted molar refractivity (Wildman–Crippen MR) is 134 cm³/mol. The van der Waals surface area contributed by atoms with E-state index in [0.717, 1.165) is 16.8 Å². The molecule has 4 heterocycles. The standard InChI is InChI=1S/C26H32N6O4/c1-5-18-14-30(4)26(36)32(20-8-10-31(11-9-20)25(35)17(3)34)24(18)23-16(2)6-7-21(29-23)19-12-27-22(15-33)28-13-19/h5-7,12-13,17,20,33-34H,1,8-11,14-15H2,2-4H3/t17-/m1/s1. The fraction of sp³-hybridized carbons (Fsp3) is 0.423. The number of likely N-dealkylation sites (N-methyl/N-ethyl adjacent to an activating group) is 1. The van der Waals surface area contributed by atoms with E-state index in [0.29, 0.717) is 55.3 Å². The number of hydrogen-bond acceptors (Lipinski definition) is 7. The number of aliphatic hydroxyl groups excluding tert-OH is 2. The molecule has 0 radical (unpaired) electrons. The van der Waals surface area contributed by atoms with Crippen LogP contribution in [0.5, 0.6) is 0 Å². The summed E-state index contributed by atoms with van der Waals surface area (Å²) in [5.74, 6) is 0.0352. The highest BCUT2D eigenvalue weighted by Crippen LogP contribution is 2.35. The number of amides is 3. The van der Waals surface area contributed by atoms with E-state index in [1.807, 2.05) is 19.1 Å². The highest BCUT2D eigenvalue weighted by molar-refractivity contribution is 5.91. The Morgan fingerprint density at radius 2 is 1.92 bits per heavy atom. The van der Waals surface area contributed by atoms with Crippen LogP contribution in [0.25, 0.3) is 17.0 Å². The summed E-state index contributed by atoms with van der Waals surface area (Å²) in [5.41, 5.74) is 4.55. The molecule has 4 rings (SSSR count). The molecule has 2 aromatic heterocycles. The first-order chi connectivity index (χ1) is 17.2. The van der Waals surface area contributed by atoms with Crippen molar-refractivity contribution < 1.29 is 19.8 Å². The average Bonchev–Trinajstić information content (AvgIpc) is 2.90. The summed E-state index contributed by atoms with van der Waals surface area (Å²) in [6.07, 6.45) is 5.13. The van der Waals surface area contributed by atoms with Gasteiger partial charge in [-0.05, 0) is 43.9 Å². The van der Waals surface area contributed by atoms with E-state index in [4.69, 9.17) is 4.98 Å². The second kappa shape index (κ2) is 10.5. The lowest BCUT2D eigenvalue weighted by molar-refractivity contribution is -0.140. The number of aromatic nitrogens is 3. The second-order valence-electron chi connectivity index (χ2n) is 9.23. The number of rotatable bonds is 6. The van der Waals surface area contributed by atoms with Gasteiger partial charge in [0.15, 0.2) is 5.82 Å². The van der Waals surface area contributed by atoms with E-state index in [9.17, 15) is 19.8 Å². The van der Waals surface area contributed by atoms with Crippen molar-refractivity contribution in [1.29, 1.82) is 0 Å². The van der Waals surface area contributed by atoms with Crippen LogP contribution < -0.4 is 0 Å². The summed E-state index contributed by atoms with van der Waals surface area (Å²) < 4.78 is 0. The molecule has 1 fully saturated rings. The minimum absolute atomic E-state index is 0.127. The molecule has 0 bridgehead atoms. The summed E-state index contributed by atoms with van der Waals surface area (Å²) in [7, 11) is 1.76. The molecule has 1 saturated heterocycles. The molecule has 10 heteroatoms. The number of piperidine rings is 1. The molecule has 0 aliphatic carbocycles. The van der Waals surface area contributed by atoms with Crippen LogP contribution in [-0.4, -0.2) is 90.6 Å². The Balaban J connectivity index is 1.73. The first-order valence-electron chi connectivity index (χ1n) is 12.0. The lowest BCUT2D eigenvalue weighted by atomic mass is 9.96. The van der Waals surface area contributed by atoms with Gasteiger partial charge in [-0.25, -0.2) is 19.7 Å². The summed E-state index contributed by atoms with van der Waals surface area (Å²) in [5, 5.41) is 18.9. The van der Waals surface area contributed by atoms with E-state index in [1.54, 1.807) is 40.2 Å². The molecule has 2 aliphatic heterocycles. The van der Waals surface area contributed by atoms with E-state index in [-0.39, 0.29) is 24.6 Å². The Labute approximate surface area is 210 Å². The predicted octanol–water partition coefficient (Wildman–Crippen LogP) is 1.98. The summed E-state index contributed by atoms with van der Waals surface area (Å²) in [6, 6.07) is 3.57. The molecular weight excluding hydrogens is 460 g/mol. The largest absolute Gasteiger partial charge is 0.388 e. The van der Waals surface area contributed by atoms with Crippen molar-refractivity contribution in [1.82, 2.24) is 29.7 Å². The zero-order chi connectivity index (χ0) is 26.0. The molecule has 10 nitrogen and oxygen atoms in total. The third-order valence-electron chi connectivity index (χ3n) is 6.69. The van der Waals surface area contributed by atoms with Crippen LogP contribution >= 0.6 is 0 Å². The fourth-order valence-electron chi connectivity index (χ4n) is 4.71. The second-order valence-corrected chi connectivity index (χ2v) is 9.23. The van der Waals surface area contributed by atoms with Crippen LogP contribution in [0.1, 0.15) is 36.8 Å². The molecule has 1 atom stereocenters. The van der Waals surface area contributed by atoms with Gasteiger partial charge in [0.25, 0.3) is 5.91 Å². The number of carbonyl (C=O) groups is 2. The van der Waals surface area contributed by atoms with Gasteiger partial charge in [-0.15, -0.1) is 0 Å². The highest BCUT2D eigenvalue weighted by Gasteiger charge is 2.38. The van der Waals surface area contributed by atoms with E-state index < -0.39 is 6.10 Å². The lowest BCUT2D eigenvalue weighted by Crippen LogP contribution is -2.54. The minimum Gasteiger partial charge on any atom is -0.388 e. The Kier molecular flexibility index (Phi) is 7.46. The summed E-state index contributed by atoms with van der Waals surface area (Å²) in [6.45, 7) is 8.52. The monoisotopic (exact) mass is 492 g/mol. The first kappa shape index (κ1) is 25.5. The van der Waals surface area contributed by atoms with Crippen LogP contribution in [0.2, 0.25) is 0 Å². The third kappa shape index (κ3) is 4.87. The number of likely N-dealkylation sites (tertiary alicyclic amines) is 1. The highest BCUT2D eigenvalue weighted by atomic mass is 16.3.